The summed E-state index contributed by atoms with van der Waals surface area (Å²) in [6.45, 7) is 5.50. The molecule has 1 N–H and O–H groups in total. The number of hydrogen-bond donors (Lipinski definition) is 1. The van der Waals surface area contributed by atoms with Crippen LogP contribution < -0.4 is 9.62 Å². The third-order valence-corrected chi connectivity index (χ3v) is 9.97. The van der Waals surface area contributed by atoms with Crippen molar-refractivity contribution in [3.63, 3.8) is 0 Å². The number of hydrogen-bond acceptors (Lipinski definition) is 5. The lowest BCUT2D eigenvalue weighted by Gasteiger charge is -2.38. The number of halogens is 1. The largest absolute Gasteiger partial charge is 0.371 e. The second kappa shape index (κ2) is 11.5. The molecule has 5 rings (SSSR count). The van der Waals surface area contributed by atoms with Gasteiger partial charge in [0.2, 0.25) is 10.0 Å². The fourth-order valence-corrected chi connectivity index (χ4v) is 7.59. The fraction of sp³-hybridized carbons (Fsp3) is 0.333. The minimum atomic E-state index is -3.83. The summed E-state index contributed by atoms with van der Waals surface area (Å²) in [7, 11) is -1.96. The molecule has 2 aliphatic rings. The molecule has 1 amide bonds. The van der Waals surface area contributed by atoms with Crippen LogP contribution in [0.3, 0.4) is 0 Å². The molecule has 2 heterocycles. The Bertz CT molecular complexity index is 1460. The van der Waals surface area contributed by atoms with Gasteiger partial charge in [-0.05, 0) is 72.7 Å². The maximum atomic E-state index is 13.5. The second-order valence-electron chi connectivity index (χ2n) is 10.2. The number of carbonyl (C=O) groups is 1. The highest BCUT2D eigenvalue weighted by Gasteiger charge is 2.33. The van der Waals surface area contributed by atoms with E-state index in [9.17, 15) is 13.2 Å². The predicted octanol–water partition coefficient (Wildman–Crippen LogP) is 5.31. The number of carbonyl (C=O) groups excluding carboxylic acids is 1. The van der Waals surface area contributed by atoms with Gasteiger partial charge < -0.3 is 9.80 Å². The molecule has 0 bridgehead atoms. The molecule has 1 aliphatic carbocycles. The average Bonchev–Trinajstić information content (AvgIpc) is 3.35. The van der Waals surface area contributed by atoms with E-state index in [-0.39, 0.29) is 11.9 Å². The van der Waals surface area contributed by atoms with Crippen molar-refractivity contribution in [2.24, 2.45) is 0 Å². The number of amides is 1. The zero-order chi connectivity index (χ0) is 27.6. The second-order valence-corrected chi connectivity index (χ2v) is 12.4. The molecule has 1 aromatic heterocycles. The van der Waals surface area contributed by atoms with Crippen molar-refractivity contribution >= 4 is 33.2 Å². The zero-order valence-corrected chi connectivity index (χ0v) is 23.5. The molecule has 3 aromatic rings. The summed E-state index contributed by atoms with van der Waals surface area (Å²) in [5.41, 5.74) is 4.12. The summed E-state index contributed by atoms with van der Waals surface area (Å²) in [5, 5.41) is -0.605. The summed E-state index contributed by atoms with van der Waals surface area (Å²) in [4.78, 5) is 21.8. The topological polar surface area (TPSA) is 82.6 Å². The number of pyridine rings is 1. The van der Waals surface area contributed by atoms with E-state index in [1.807, 2.05) is 42.3 Å². The molecule has 0 spiro atoms. The van der Waals surface area contributed by atoms with Crippen LogP contribution in [-0.4, -0.2) is 50.4 Å². The monoisotopic (exact) mass is 564 g/mol. The first-order valence-corrected chi connectivity index (χ1v) is 15.1. The molecule has 1 saturated heterocycles. The number of anilines is 1. The minimum Gasteiger partial charge on any atom is -0.371 e. The molecule has 2 aromatic carbocycles. The molecule has 0 radical (unpaired) electrons. The standard InChI is InChI=1S/C30H33ClN4O3S/c1-3-29(25-6-4-5-7-27(25)31)39(37,38)33-28-11-10-21-8-9-22(20-26(21)28)30(36)34(2)23-14-18-35(19-15-23)24-12-16-32-17-13-24/h3-9,12-13,16-17,20,23,28-29,33H,1,10-11,14-15,18-19H2,2H3/t28-,29?/m1/s1. The summed E-state index contributed by atoms with van der Waals surface area (Å²) >= 11 is 6.30. The lowest BCUT2D eigenvalue weighted by Crippen LogP contribution is -2.45. The Hall–Kier alpha value is -3.20. The SMILES string of the molecule is C=CC(c1ccccc1Cl)S(=O)(=O)N[C@@H]1CCc2ccc(C(=O)N(C)C3CCN(c4ccncc4)CC3)cc21. The number of fused-ring (bicyclic) bond motifs is 1. The van der Waals surface area contributed by atoms with Crippen molar-refractivity contribution in [2.75, 3.05) is 25.0 Å². The van der Waals surface area contributed by atoms with Crippen LogP contribution in [0.1, 0.15) is 57.6 Å². The average molecular weight is 565 g/mol. The van der Waals surface area contributed by atoms with E-state index < -0.39 is 21.3 Å². The van der Waals surface area contributed by atoms with Gasteiger partial charge in [0.1, 0.15) is 5.25 Å². The number of rotatable bonds is 8. The molecule has 1 fully saturated rings. The number of piperidine rings is 1. The van der Waals surface area contributed by atoms with Crippen LogP contribution >= 0.6 is 11.6 Å². The van der Waals surface area contributed by atoms with Crippen LogP contribution in [0.5, 0.6) is 0 Å². The number of nitrogens with one attached hydrogen (secondary N) is 1. The van der Waals surface area contributed by atoms with Gasteiger partial charge in [0.15, 0.2) is 0 Å². The molecule has 9 heteroatoms. The van der Waals surface area contributed by atoms with Gasteiger partial charge in [0, 0.05) is 60.9 Å². The van der Waals surface area contributed by atoms with Crippen LogP contribution in [0, 0.1) is 0 Å². The summed E-state index contributed by atoms with van der Waals surface area (Å²) in [6.07, 6.45) is 8.12. The van der Waals surface area contributed by atoms with Crippen molar-refractivity contribution in [1.29, 1.82) is 0 Å². The van der Waals surface area contributed by atoms with Gasteiger partial charge in [0.25, 0.3) is 5.91 Å². The van der Waals surface area contributed by atoms with Crippen LogP contribution in [-0.2, 0) is 16.4 Å². The van der Waals surface area contributed by atoms with Gasteiger partial charge in [-0.25, -0.2) is 13.1 Å². The maximum absolute atomic E-state index is 13.5. The van der Waals surface area contributed by atoms with Crippen LogP contribution in [0.4, 0.5) is 5.69 Å². The number of aryl methyl sites for hydroxylation is 1. The van der Waals surface area contributed by atoms with Crippen LogP contribution in [0.25, 0.3) is 0 Å². The lowest BCUT2D eigenvalue weighted by molar-refractivity contribution is 0.0709. The Morgan fingerprint density at radius 1 is 1.13 bits per heavy atom. The van der Waals surface area contributed by atoms with Gasteiger partial charge in [-0.1, -0.05) is 41.9 Å². The minimum absolute atomic E-state index is 0.0475. The van der Waals surface area contributed by atoms with Crippen molar-refractivity contribution < 1.29 is 13.2 Å². The maximum Gasteiger partial charge on any atom is 0.253 e. The van der Waals surface area contributed by atoms with Gasteiger partial charge in [0.05, 0.1) is 0 Å². The van der Waals surface area contributed by atoms with Gasteiger partial charge in [-0.15, -0.1) is 6.58 Å². The quantitative estimate of drug-likeness (QED) is 0.375. The predicted molar refractivity (Wildman–Crippen MR) is 156 cm³/mol. The zero-order valence-electron chi connectivity index (χ0n) is 22.0. The van der Waals surface area contributed by atoms with E-state index in [1.54, 1.807) is 36.7 Å². The van der Waals surface area contributed by atoms with E-state index in [0.717, 1.165) is 49.2 Å². The van der Waals surface area contributed by atoms with Crippen molar-refractivity contribution in [3.05, 3.63) is 107 Å². The molecule has 39 heavy (non-hydrogen) atoms. The Kier molecular flexibility index (Phi) is 8.07. The van der Waals surface area contributed by atoms with Gasteiger partial charge in [-0.2, -0.15) is 0 Å². The molecular formula is C30H33ClN4O3S. The lowest BCUT2D eigenvalue weighted by atomic mass is 10.0. The molecule has 7 nitrogen and oxygen atoms in total. The smallest absolute Gasteiger partial charge is 0.253 e. The number of benzene rings is 2. The third kappa shape index (κ3) is 5.73. The molecule has 1 unspecified atom stereocenters. The third-order valence-electron chi connectivity index (χ3n) is 7.90. The molecular weight excluding hydrogens is 532 g/mol. The number of nitrogens with zero attached hydrogens (tertiary/aromatic N) is 3. The van der Waals surface area contributed by atoms with E-state index in [4.69, 9.17) is 11.6 Å². The highest BCUT2D eigenvalue weighted by atomic mass is 35.5. The summed E-state index contributed by atoms with van der Waals surface area (Å²) in [6, 6.07) is 16.3. The first kappa shape index (κ1) is 27.4. The molecule has 1 aliphatic heterocycles. The Balaban J connectivity index is 1.28. The summed E-state index contributed by atoms with van der Waals surface area (Å²) < 4.78 is 29.7. The van der Waals surface area contributed by atoms with Crippen molar-refractivity contribution in [3.8, 4) is 0 Å². The normalized spacial score (nSPS) is 18.4. The summed E-state index contributed by atoms with van der Waals surface area (Å²) in [5.74, 6) is -0.0475. The van der Waals surface area contributed by atoms with E-state index in [1.165, 1.54) is 6.08 Å². The first-order valence-electron chi connectivity index (χ1n) is 13.2. The van der Waals surface area contributed by atoms with Crippen LogP contribution in [0.15, 0.2) is 79.6 Å². The van der Waals surface area contributed by atoms with Crippen molar-refractivity contribution in [2.45, 2.75) is 43.0 Å². The molecule has 204 valence electrons. The first-order chi connectivity index (χ1) is 18.8. The van der Waals surface area contributed by atoms with Gasteiger partial charge in [-0.3, -0.25) is 9.78 Å². The van der Waals surface area contributed by atoms with E-state index in [0.29, 0.717) is 22.6 Å². The van der Waals surface area contributed by atoms with E-state index in [2.05, 4.69) is 21.2 Å². The molecule has 0 saturated carbocycles. The Labute approximate surface area is 235 Å². The Morgan fingerprint density at radius 2 is 1.85 bits per heavy atom. The number of aromatic nitrogens is 1. The van der Waals surface area contributed by atoms with Gasteiger partial charge >= 0.3 is 0 Å². The van der Waals surface area contributed by atoms with Crippen LogP contribution in [0.2, 0.25) is 5.02 Å². The fourth-order valence-electron chi connectivity index (χ4n) is 5.69. The highest BCUT2D eigenvalue weighted by Crippen LogP contribution is 2.36. The highest BCUT2D eigenvalue weighted by molar-refractivity contribution is 7.89. The van der Waals surface area contributed by atoms with Crippen molar-refractivity contribution in [1.82, 2.24) is 14.6 Å². The van der Waals surface area contributed by atoms with E-state index >= 15 is 0 Å². The Morgan fingerprint density at radius 3 is 2.54 bits per heavy atom. The number of sulfonamides is 1. The molecule has 2 atom stereocenters.